The number of rotatable bonds is 3. The minimum Gasteiger partial charge on any atom is -0.445 e. The summed E-state index contributed by atoms with van der Waals surface area (Å²) in [5.74, 6) is 0.188. The largest absolute Gasteiger partial charge is 0.445 e. The fourth-order valence-corrected chi connectivity index (χ4v) is 5.18. The lowest BCUT2D eigenvalue weighted by Crippen LogP contribution is -2.59. The van der Waals surface area contributed by atoms with E-state index < -0.39 is 20.4 Å². The Kier molecular flexibility index (Phi) is 4.32. The molecule has 2 aliphatic heterocycles. The highest BCUT2D eigenvalue weighted by Crippen LogP contribution is 2.39. The Morgan fingerprint density at radius 1 is 1.27 bits per heavy atom. The zero-order valence-corrected chi connectivity index (χ0v) is 13.6. The van der Waals surface area contributed by atoms with Crippen LogP contribution in [-0.2, 0) is 20.4 Å². The van der Waals surface area contributed by atoms with Crippen LogP contribution in [0.3, 0.4) is 0 Å². The van der Waals surface area contributed by atoms with Crippen LogP contribution in [0.2, 0.25) is 0 Å². The highest BCUT2D eigenvalue weighted by molar-refractivity contribution is 8.14. The number of benzene rings is 1. The molecule has 2 heterocycles. The molecule has 1 amide bonds. The van der Waals surface area contributed by atoms with Crippen molar-refractivity contribution < 1.29 is 17.9 Å². The predicted molar refractivity (Wildman–Crippen MR) is 83.0 cm³/mol. The molecule has 5 nitrogen and oxygen atoms in total. The number of fused-ring (bicyclic) bond motifs is 3. The molecule has 22 heavy (non-hydrogen) atoms. The molecule has 0 radical (unpaired) electrons. The Bertz CT molecular complexity index is 649. The van der Waals surface area contributed by atoms with Gasteiger partial charge in [-0.1, -0.05) is 30.3 Å². The van der Waals surface area contributed by atoms with Gasteiger partial charge in [0.25, 0.3) is 0 Å². The van der Waals surface area contributed by atoms with Gasteiger partial charge in [0.15, 0.2) is 0 Å². The number of hydrogen-bond donors (Lipinski definition) is 0. The molecule has 2 saturated heterocycles. The van der Waals surface area contributed by atoms with Crippen LogP contribution in [0.15, 0.2) is 30.3 Å². The van der Waals surface area contributed by atoms with Crippen LogP contribution < -0.4 is 0 Å². The Hall–Kier alpha value is -1.27. The van der Waals surface area contributed by atoms with Gasteiger partial charge in [0, 0.05) is 17.2 Å². The Labute approximate surface area is 134 Å². The van der Waals surface area contributed by atoms with Gasteiger partial charge in [0.05, 0.1) is 11.3 Å². The fourth-order valence-electron chi connectivity index (χ4n) is 3.45. The maximum atomic E-state index is 12.3. The number of ether oxygens (including phenoxy) is 1. The van der Waals surface area contributed by atoms with E-state index in [4.69, 9.17) is 15.4 Å². The van der Waals surface area contributed by atoms with Crippen molar-refractivity contribution in [2.45, 2.75) is 37.2 Å². The summed E-state index contributed by atoms with van der Waals surface area (Å²) < 4.78 is 28.8. The Morgan fingerprint density at radius 3 is 2.64 bits per heavy atom. The Balaban J connectivity index is 1.67. The van der Waals surface area contributed by atoms with Crippen LogP contribution in [0.1, 0.15) is 24.8 Å². The third-order valence-corrected chi connectivity index (χ3v) is 6.44. The van der Waals surface area contributed by atoms with E-state index in [1.807, 2.05) is 30.3 Å². The predicted octanol–water partition coefficient (Wildman–Crippen LogP) is 2.74. The molecule has 7 heteroatoms. The van der Waals surface area contributed by atoms with E-state index in [0.29, 0.717) is 19.4 Å². The molecule has 120 valence electrons. The molecular formula is C15H18ClNO4S. The molecule has 4 rings (SSSR count). The first-order chi connectivity index (χ1) is 10.4. The summed E-state index contributed by atoms with van der Waals surface area (Å²) in [5.41, 5.74) is 0.902. The molecule has 3 unspecified atom stereocenters. The van der Waals surface area contributed by atoms with E-state index in [9.17, 15) is 13.2 Å². The van der Waals surface area contributed by atoms with Gasteiger partial charge in [0.2, 0.25) is 9.05 Å². The number of amides is 1. The van der Waals surface area contributed by atoms with E-state index >= 15 is 0 Å². The second-order valence-corrected chi connectivity index (χ2v) is 8.80. The molecule has 3 atom stereocenters. The van der Waals surface area contributed by atoms with Gasteiger partial charge in [-0.15, -0.1) is 0 Å². The SMILES string of the molecule is O=C(OCc1ccccc1)N1CC2CCC1C(S(=O)(=O)Cl)C2. The standard InChI is InChI=1S/C15H18ClNO4S/c16-22(19,20)14-8-12-6-7-13(14)17(9-12)15(18)21-10-11-4-2-1-3-5-11/h1-5,12-14H,6-10H2. The van der Waals surface area contributed by atoms with Crippen molar-refractivity contribution in [1.82, 2.24) is 4.90 Å². The van der Waals surface area contributed by atoms with Crippen molar-refractivity contribution in [1.29, 1.82) is 0 Å². The molecule has 2 bridgehead atoms. The second-order valence-electron chi connectivity index (χ2n) is 5.95. The maximum absolute atomic E-state index is 12.3. The van der Waals surface area contributed by atoms with Gasteiger partial charge in [-0.25, -0.2) is 13.2 Å². The van der Waals surface area contributed by atoms with Crippen molar-refractivity contribution in [3.63, 3.8) is 0 Å². The number of hydrogen-bond acceptors (Lipinski definition) is 4. The smallest absolute Gasteiger partial charge is 0.410 e. The monoisotopic (exact) mass is 343 g/mol. The highest BCUT2D eigenvalue weighted by Gasteiger charge is 2.48. The van der Waals surface area contributed by atoms with E-state index in [1.54, 1.807) is 4.90 Å². The minimum atomic E-state index is -3.67. The van der Waals surface area contributed by atoms with Crippen LogP contribution >= 0.6 is 10.7 Å². The van der Waals surface area contributed by atoms with Crippen molar-refractivity contribution >= 4 is 25.8 Å². The van der Waals surface area contributed by atoms with E-state index in [1.165, 1.54) is 0 Å². The lowest BCUT2D eigenvalue weighted by atomic mass is 9.80. The van der Waals surface area contributed by atoms with Crippen LogP contribution in [0.4, 0.5) is 4.79 Å². The van der Waals surface area contributed by atoms with E-state index in [-0.39, 0.29) is 18.6 Å². The minimum absolute atomic E-state index is 0.186. The van der Waals surface area contributed by atoms with Crippen molar-refractivity contribution in [3.8, 4) is 0 Å². The quantitative estimate of drug-likeness (QED) is 0.792. The van der Waals surface area contributed by atoms with Crippen LogP contribution in [0.25, 0.3) is 0 Å². The summed E-state index contributed by atoms with van der Waals surface area (Å²) in [4.78, 5) is 13.8. The number of carbonyl (C=O) groups is 1. The van der Waals surface area contributed by atoms with Gasteiger partial charge in [-0.05, 0) is 30.7 Å². The average molecular weight is 344 g/mol. The molecular weight excluding hydrogens is 326 g/mol. The molecule has 1 aromatic carbocycles. The topological polar surface area (TPSA) is 63.7 Å². The lowest BCUT2D eigenvalue weighted by Gasteiger charge is -2.47. The van der Waals surface area contributed by atoms with E-state index in [0.717, 1.165) is 12.0 Å². The van der Waals surface area contributed by atoms with E-state index in [2.05, 4.69) is 0 Å². The van der Waals surface area contributed by atoms with Crippen LogP contribution in [-0.4, -0.2) is 37.2 Å². The molecule has 0 spiro atoms. The maximum Gasteiger partial charge on any atom is 0.410 e. The second kappa shape index (κ2) is 6.08. The van der Waals surface area contributed by atoms with Crippen LogP contribution in [0, 0.1) is 5.92 Å². The summed E-state index contributed by atoms with van der Waals surface area (Å²) in [6, 6.07) is 9.04. The first kappa shape index (κ1) is 15.6. The molecule has 0 aromatic heterocycles. The molecule has 3 fully saturated rings. The molecule has 1 aromatic rings. The lowest BCUT2D eigenvalue weighted by molar-refractivity contribution is 0.0287. The molecule has 1 saturated carbocycles. The molecule has 0 N–H and O–H groups in total. The summed E-state index contributed by atoms with van der Waals surface area (Å²) in [6.07, 6.45) is 1.69. The Morgan fingerprint density at radius 2 is 2.00 bits per heavy atom. The fraction of sp³-hybridized carbons (Fsp3) is 0.533. The zero-order valence-electron chi connectivity index (χ0n) is 12.0. The van der Waals surface area contributed by atoms with Crippen LogP contribution in [0.5, 0.6) is 0 Å². The summed E-state index contributed by atoms with van der Waals surface area (Å²) in [6.45, 7) is 0.743. The molecule has 1 aliphatic carbocycles. The third kappa shape index (κ3) is 3.22. The van der Waals surface area contributed by atoms with Gasteiger partial charge in [-0.2, -0.15) is 0 Å². The van der Waals surface area contributed by atoms with Gasteiger partial charge >= 0.3 is 6.09 Å². The number of piperidine rings is 2. The van der Waals surface area contributed by atoms with Crippen molar-refractivity contribution in [2.75, 3.05) is 6.54 Å². The normalized spacial score (nSPS) is 27.7. The zero-order chi connectivity index (χ0) is 15.7. The third-order valence-electron chi connectivity index (χ3n) is 4.52. The summed E-state index contributed by atoms with van der Waals surface area (Å²) in [5, 5.41) is -0.675. The highest BCUT2D eigenvalue weighted by atomic mass is 35.7. The number of nitrogens with zero attached hydrogens (tertiary/aromatic N) is 1. The first-order valence-corrected chi connectivity index (χ1v) is 9.73. The number of halogens is 1. The van der Waals surface area contributed by atoms with Crippen molar-refractivity contribution in [3.05, 3.63) is 35.9 Å². The summed E-state index contributed by atoms with van der Waals surface area (Å²) >= 11 is 0. The van der Waals surface area contributed by atoms with Crippen molar-refractivity contribution in [2.24, 2.45) is 5.92 Å². The van der Waals surface area contributed by atoms with Gasteiger partial charge in [-0.3, -0.25) is 0 Å². The average Bonchev–Trinajstić information content (AvgIpc) is 2.53. The summed E-state index contributed by atoms with van der Waals surface area (Å²) in [7, 11) is 1.87. The molecule has 3 aliphatic rings. The first-order valence-electron chi connectivity index (χ1n) is 7.36. The van der Waals surface area contributed by atoms with Gasteiger partial charge < -0.3 is 9.64 Å². The number of carbonyl (C=O) groups excluding carboxylic acids is 1. The van der Waals surface area contributed by atoms with Gasteiger partial charge in [0.1, 0.15) is 6.61 Å².